The smallest absolute Gasteiger partial charge is 0.230 e. The van der Waals surface area contributed by atoms with E-state index in [0.717, 1.165) is 15.8 Å². The second-order valence-electron chi connectivity index (χ2n) is 4.56. The largest absolute Gasteiger partial charge is 0.398 e. The van der Waals surface area contributed by atoms with Gasteiger partial charge < -0.3 is 11.1 Å². The summed E-state index contributed by atoms with van der Waals surface area (Å²) in [5.41, 5.74) is 7.81. The summed E-state index contributed by atoms with van der Waals surface area (Å²) < 4.78 is 0.941. The van der Waals surface area contributed by atoms with Crippen LogP contribution in [0, 0.1) is 0 Å². The Balaban J connectivity index is 1.72. The Labute approximate surface area is 137 Å². The van der Waals surface area contributed by atoms with Gasteiger partial charge in [0, 0.05) is 21.6 Å². The molecule has 0 saturated heterocycles. The standard InChI is InChI=1S/C16H17BrN2OS/c17-13-6-7-15(14(18)10-13)21-11-16(20)19-9-8-12-4-2-1-3-5-12/h1-7,10H,8-9,11,18H2,(H,19,20). The molecule has 2 aromatic rings. The summed E-state index contributed by atoms with van der Waals surface area (Å²) in [5, 5.41) is 2.92. The average Bonchev–Trinajstić information content (AvgIpc) is 2.47. The molecule has 0 aliphatic rings. The molecule has 0 aliphatic heterocycles. The average molecular weight is 365 g/mol. The van der Waals surface area contributed by atoms with Gasteiger partial charge in [-0.2, -0.15) is 0 Å². The number of halogens is 1. The van der Waals surface area contributed by atoms with E-state index in [1.807, 2.05) is 36.4 Å². The Hall–Kier alpha value is -1.46. The highest BCUT2D eigenvalue weighted by Gasteiger charge is 2.05. The predicted molar refractivity (Wildman–Crippen MR) is 92.4 cm³/mol. The zero-order valence-electron chi connectivity index (χ0n) is 11.5. The molecule has 1 amide bonds. The van der Waals surface area contributed by atoms with E-state index in [0.29, 0.717) is 18.0 Å². The molecule has 0 bridgehead atoms. The Bertz CT molecular complexity index is 604. The van der Waals surface area contributed by atoms with E-state index in [2.05, 4.69) is 33.4 Å². The Morgan fingerprint density at radius 1 is 1.19 bits per heavy atom. The maximum atomic E-state index is 11.8. The van der Waals surface area contributed by atoms with Crippen molar-refractivity contribution in [2.45, 2.75) is 11.3 Å². The fourth-order valence-corrected chi connectivity index (χ4v) is 2.99. The van der Waals surface area contributed by atoms with Crippen LogP contribution in [-0.4, -0.2) is 18.2 Å². The van der Waals surface area contributed by atoms with Gasteiger partial charge in [-0.3, -0.25) is 4.79 Å². The third-order valence-electron chi connectivity index (χ3n) is 2.91. The normalized spacial score (nSPS) is 10.3. The molecule has 0 atom stereocenters. The van der Waals surface area contributed by atoms with Crippen molar-refractivity contribution in [2.24, 2.45) is 0 Å². The molecule has 3 nitrogen and oxygen atoms in total. The SMILES string of the molecule is Nc1cc(Br)ccc1SCC(=O)NCCc1ccccc1. The number of hydrogen-bond donors (Lipinski definition) is 2. The lowest BCUT2D eigenvalue weighted by Gasteiger charge is -2.07. The number of nitrogen functional groups attached to an aromatic ring is 1. The lowest BCUT2D eigenvalue weighted by atomic mass is 10.1. The van der Waals surface area contributed by atoms with Crippen LogP contribution in [0.3, 0.4) is 0 Å². The van der Waals surface area contributed by atoms with Crippen LogP contribution in [0.15, 0.2) is 57.9 Å². The number of nitrogens with two attached hydrogens (primary N) is 1. The van der Waals surface area contributed by atoms with Crippen LogP contribution in [0.4, 0.5) is 5.69 Å². The van der Waals surface area contributed by atoms with Gasteiger partial charge in [-0.1, -0.05) is 46.3 Å². The van der Waals surface area contributed by atoms with E-state index in [4.69, 9.17) is 5.73 Å². The molecular formula is C16H17BrN2OS. The van der Waals surface area contributed by atoms with Gasteiger partial charge in [0.25, 0.3) is 0 Å². The number of anilines is 1. The molecular weight excluding hydrogens is 348 g/mol. The fourth-order valence-electron chi connectivity index (χ4n) is 1.84. The summed E-state index contributed by atoms with van der Waals surface area (Å²) in [5.74, 6) is 0.402. The maximum absolute atomic E-state index is 11.8. The van der Waals surface area contributed by atoms with Crippen LogP contribution in [0.2, 0.25) is 0 Å². The van der Waals surface area contributed by atoms with Gasteiger partial charge in [0.2, 0.25) is 5.91 Å². The molecule has 0 saturated carbocycles. The molecule has 0 aliphatic carbocycles. The van der Waals surface area contributed by atoms with E-state index in [-0.39, 0.29) is 5.91 Å². The summed E-state index contributed by atoms with van der Waals surface area (Å²) in [6.45, 7) is 0.652. The van der Waals surface area contributed by atoms with Crippen LogP contribution in [0.5, 0.6) is 0 Å². The number of hydrogen-bond acceptors (Lipinski definition) is 3. The first-order valence-corrected chi connectivity index (χ1v) is 8.41. The molecule has 0 fully saturated rings. The minimum absolute atomic E-state index is 0.0262. The monoisotopic (exact) mass is 364 g/mol. The number of carbonyl (C=O) groups excluding carboxylic acids is 1. The zero-order valence-corrected chi connectivity index (χ0v) is 13.9. The van der Waals surface area contributed by atoms with Crippen molar-refractivity contribution < 1.29 is 4.79 Å². The lowest BCUT2D eigenvalue weighted by Crippen LogP contribution is -2.27. The van der Waals surface area contributed by atoms with Crippen molar-refractivity contribution in [1.29, 1.82) is 0 Å². The molecule has 0 unspecified atom stereocenters. The number of carbonyl (C=O) groups is 1. The van der Waals surface area contributed by atoms with Crippen LogP contribution in [-0.2, 0) is 11.2 Å². The van der Waals surface area contributed by atoms with Crippen LogP contribution < -0.4 is 11.1 Å². The first kappa shape index (κ1) is 15.9. The molecule has 0 aromatic heterocycles. The Morgan fingerprint density at radius 2 is 1.95 bits per heavy atom. The van der Waals surface area contributed by atoms with Gasteiger partial charge >= 0.3 is 0 Å². The minimum atomic E-state index is 0.0262. The number of rotatable bonds is 6. The first-order valence-electron chi connectivity index (χ1n) is 6.63. The second kappa shape index (κ2) is 8.10. The number of amides is 1. The van der Waals surface area contributed by atoms with Crippen molar-refractivity contribution in [2.75, 3.05) is 18.0 Å². The minimum Gasteiger partial charge on any atom is -0.398 e. The summed E-state index contributed by atoms with van der Waals surface area (Å²) in [6.07, 6.45) is 0.845. The van der Waals surface area contributed by atoms with Crippen LogP contribution >= 0.6 is 27.7 Å². The predicted octanol–water partition coefficient (Wildman–Crippen LogP) is 3.48. The topological polar surface area (TPSA) is 55.1 Å². The van der Waals surface area contributed by atoms with Crippen molar-refractivity contribution in [3.8, 4) is 0 Å². The van der Waals surface area contributed by atoms with Gasteiger partial charge in [0.1, 0.15) is 0 Å². The summed E-state index contributed by atoms with van der Waals surface area (Å²) in [4.78, 5) is 12.7. The summed E-state index contributed by atoms with van der Waals surface area (Å²) in [7, 11) is 0. The molecule has 3 N–H and O–H groups in total. The van der Waals surface area contributed by atoms with Crippen molar-refractivity contribution >= 4 is 39.3 Å². The number of nitrogens with one attached hydrogen (secondary N) is 1. The summed E-state index contributed by atoms with van der Waals surface area (Å²) in [6, 6.07) is 15.8. The number of benzene rings is 2. The van der Waals surface area contributed by atoms with Gasteiger partial charge in [-0.25, -0.2) is 0 Å². The molecule has 110 valence electrons. The van der Waals surface area contributed by atoms with Gasteiger partial charge in [-0.05, 0) is 30.2 Å². The summed E-state index contributed by atoms with van der Waals surface area (Å²) >= 11 is 4.82. The molecule has 2 rings (SSSR count). The van der Waals surface area contributed by atoms with Crippen LogP contribution in [0.25, 0.3) is 0 Å². The van der Waals surface area contributed by atoms with Crippen LogP contribution in [0.1, 0.15) is 5.56 Å². The molecule has 0 radical (unpaired) electrons. The highest BCUT2D eigenvalue weighted by atomic mass is 79.9. The number of thioether (sulfide) groups is 1. The zero-order chi connectivity index (χ0) is 15.1. The van der Waals surface area contributed by atoms with Crippen molar-refractivity contribution in [3.05, 3.63) is 58.6 Å². The Kier molecular flexibility index (Phi) is 6.14. The molecule has 0 heterocycles. The highest BCUT2D eigenvalue weighted by Crippen LogP contribution is 2.27. The van der Waals surface area contributed by atoms with Crippen molar-refractivity contribution in [3.63, 3.8) is 0 Å². The second-order valence-corrected chi connectivity index (χ2v) is 6.49. The van der Waals surface area contributed by atoms with Gasteiger partial charge in [0.15, 0.2) is 0 Å². The van der Waals surface area contributed by atoms with E-state index in [1.165, 1.54) is 17.3 Å². The lowest BCUT2D eigenvalue weighted by molar-refractivity contribution is -0.118. The highest BCUT2D eigenvalue weighted by molar-refractivity contribution is 9.10. The van der Waals surface area contributed by atoms with E-state index in [9.17, 15) is 4.79 Å². The quantitative estimate of drug-likeness (QED) is 0.609. The van der Waals surface area contributed by atoms with E-state index in [1.54, 1.807) is 0 Å². The van der Waals surface area contributed by atoms with E-state index >= 15 is 0 Å². The molecule has 2 aromatic carbocycles. The first-order chi connectivity index (χ1) is 10.1. The van der Waals surface area contributed by atoms with Crippen molar-refractivity contribution in [1.82, 2.24) is 5.32 Å². The van der Waals surface area contributed by atoms with Gasteiger partial charge in [-0.15, -0.1) is 11.8 Å². The molecule has 21 heavy (non-hydrogen) atoms. The van der Waals surface area contributed by atoms with E-state index < -0.39 is 0 Å². The Morgan fingerprint density at radius 3 is 2.67 bits per heavy atom. The third kappa shape index (κ3) is 5.44. The third-order valence-corrected chi connectivity index (χ3v) is 4.49. The maximum Gasteiger partial charge on any atom is 0.230 e. The van der Waals surface area contributed by atoms with Gasteiger partial charge in [0.05, 0.1) is 5.75 Å². The molecule has 5 heteroatoms. The molecule has 0 spiro atoms. The fraction of sp³-hybridized carbons (Fsp3) is 0.188.